The van der Waals surface area contributed by atoms with E-state index in [-0.39, 0.29) is 24.0 Å². The summed E-state index contributed by atoms with van der Waals surface area (Å²) in [6.45, 7) is -2.91. The van der Waals surface area contributed by atoms with Crippen molar-refractivity contribution >= 4 is 29.3 Å². The van der Waals surface area contributed by atoms with E-state index in [9.17, 15) is 18.4 Å². The van der Waals surface area contributed by atoms with Crippen LogP contribution in [-0.4, -0.2) is 44.2 Å². The van der Waals surface area contributed by atoms with Gasteiger partial charge in [-0.15, -0.1) is 11.3 Å². The van der Waals surface area contributed by atoms with Gasteiger partial charge < -0.3 is 19.1 Å². The molecule has 6 nitrogen and oxygen atoms in total. The van der Waals surface area contributed by atoms with Gasteiger partial charge in [-0.2, -0.15) is 8.78 Å². The Morgan fingerprint density at radius 2 is 2.04 bits per heavy atom. The van der Waals surface area contributed by atoms with Crippen LogP contribution in [0.25, 0.3) is 6.08 Å². The monoisotopic (exact) mass is 411 g/mol. The molecule has 0 atom stereocenters. The van der Waals surface area contributed by atoms with Crippen LogP contribution in [0.5, 0.6) is 11.5 Å². The van der Waals surface area contributed by atoms with Gasteiger partial charge in [-0.3, -0.25) is 4.79 Å². The molecule has 0 aliphatic rings. The molecule has 0 radical (unpaired) electrons. The predicted molar refractivity (Wildman–Crippen MR) is 100 cm³/mol. The molecular formula is C19H19F2NO5S. The number of carbonyl (C=O) groups is 2. The second kappa shape index (κ2) is 10.4. The number of hydrogen-bond donors (Lipinski definition) is 0. The van der Waals surface area contributed by atoms with Crippen LogP contribution in [0.2, 0.25) is 0 Å². The molecule has 2 rings (SSSR count). The predicted octanol–water partition coefficient (Wildman–Crippen LogP) is 3.57. The van der Waals surface area contributed by atoms with Crippen LogP contribution in [-0.2, 0) is 20.9 Å². The van der Waals surface area contributed by atoms with Gasteiger partial charge in [0.25, 0.3) is 5.91 Å². The van der Waals surface area contributed by atoms with Crippen molar-refractivity contribution in [2.24, 2.45) is 0 Å². The second-order valence-electron chi connectivity index (χ2n) is 5.56. The normalized spacial score (nSPS) is 10.9. The quantitative estimate of drug-likeness (QED) is 0.466. The van der Waals surface area contributed by atoms with Gasteiger partial charge in [0.2, 0.25) is 0 Å². The third-order valence-electron chi connectivity index (χ3n) is 3.55. The summed E-state index contributed by atoms with van der Waals surface area (Å²) in [7, 11) is 2.94. The highest BCUT2D eigenvalue weighted by Crippen LogP contribution is 2.29. The van der Waals surface area contributed by atoms with Crippen LogP contribution in [0.3, 0.4) is 0 Å². The minimum absolute atomic E-state index is 0.0983. The lowest BCUT2D eigenvalue weighted by Crippen LogP contribution is -2.30. The Bertz CT molecular complexity index is 824. The third-order valence-corrected chi connectivity index (χ3v) is 4.41. The van der Waals surface area contributed by atoms with Crippen molar-refractivity contribution < 1.29 is 32.6 Å². The molecule has 0 bridgehead atoms. The largest absolute Gasteiger partial charge is 0.493 e. The summed E-state index contributed by atoms with van der Waals surface area (Å²) < 4.78 is 38.9. The number of alkyl halides is 2. The molecule has 1 heterocycles. The van der Waals surface area contributed by atoms with Crippen molar-refractivity contribution in [2.45, 2.75) is 13.2 Å². The van der Waals surface area contributed by atoms with Crippen LogP contribution in [0.15, 0.2) is 41.8 Å². The fraction of sp³-hybridized carbons (Fsp3) is 0.263. The molecular weight excluding hydrogens is 392 g/mol. The fourth-order valence-electron chi connectivity index (χ4n) is 2.16. The zero-order valence-corrected chi connectivity index (χ0v) is 16.1. The Kier molecular flexibility index (Phi) is 7.94. The van der Waals surface area contributed by atoms with Crippen LogP contribution >= 0.6 is 11.3 Å². The Balaban J connectivity index is 1.86. The third kappa shape index (κ3) is 6.66. The Hall–Kier alpha value is -2.94. The molecule has 28 heavy (non-hydrogen) atoms. The number of carbonyl (C=O) groups excluding carboxylic acids is 2. The molecule has 0 fully saturated rings. The first-order valence-corrected chi connectivity index (χ1v) is 9.01. The lowest BCUT2D eigenvalue weighted by atomic mass is 10.2. The van der Waals surface area contributed by atoms with Crippen molar-refractivity contribution in [3.63, 3.8) is 0 Å². The van der Waals surface area contributed by atoms with E-state index in [1.807, 2.05) is 17.5 Å². The van der Waals surface area contributed by atoms with Gasteiger partial charge >= 0.3 is 12.6 Å². The molecule has 1 amide bonds. The molecule has 0 spiro atoms. The van der Waals surface area contributed by atoms with Gasteiger partial charge in [-0.25, -0.2) is 4.79 Å². The van der Waals surface area contributed by atoms with E-state index >= 15 is 0 Å². The van der Waals surface area contributed by atoms with Gasteiger partial charge in [0.15, 0.2) is 18.1 Å². The summed E-state index contributed by atoms with van der Waals surface area (Å²) in [5, 5.41) is 1.92. The number of halogens is 2. The zero-order valence-electron chi connectivity index (χ0n) is 15.3. The maximum Gasteiger partial charge on any atom is 0.387 e. The highest BCUT2D eigenvalue weighted by atomic mass is 32.1. The number of hydrogen-bond acceptors (Lipinski definition) is 6. The van der Waals surface area contributed by atoms with E-state index in [2.05, 4.69) is 4.74 Å². The smallest absolute Gasteiger partial charge is 0.387 e. The van der Waals surface area contributed by atoms with Gasteiger partial charge in [0.1, 0.15) is 0 Å². The van der Waals surface area contributed by atoms with E-state index in [0.29, 0.717) is 12.1 Å². The van der Waals surface area contributed by atoms with Gasteiger partial charge in [0, 0.05) is 18.0 Å². The molecule has 0 saturated carbocycles. The Morgan fingerprint density at radius 1 is 1.25 bits per heavy atom. The van der Waals surface area contributed by atoms with Gasteiger partial charge in [-0.1, -0.05) is 12.1 Å². The maximum atomic E-state index is 12.3. The van der Waals surface area contributed by atoms with Crippen molar-refractivity contribution in [1.82, 2.24) is 4.90 Å². The molecule has 0 aliphatic heterocycles. The molecule has 2 aromatic rings. The molecule has 9 heteroatoms. The summed E-state index contributed by atoms with van der Waals surface area (Å²) >= 11 is 1.53. The molecule has 0 N–H and O–H groups in total. The molecule has 150 valence electrons. The van der Waals surface area contributed by atoms with E-state index < -0.39 is 12.6 Å². The molecule has 0 saturated heterocycles. The van der Waals surface area contributed by atoms with Crippen LogP contribution in [0.1, 0.15) is 10.4 Å². The van der Waals surface area contributed by atoms with Crippen molar-refractivity contribution in [3.8, 4) is 11.5 Å². The summed E-state index contributed by atoms with van der Waals surface area (Å²) in [5.74, 6) is -1.05. The standard InChI is InChI=1S/C19H19F2NO5S/c1-22(11-14-4-3-9-28-14)17(23)12-26-18(24)8-6-13-5-7-15(27-19(20)21)16(10-13)25-2/h3-10,19H,11-12H2,1-2H3/b8-6+. The van der Waals surface area contributed by atoms with Crippen molar-refractivity contribution in [2.75, 3.05) is 20.8 Å². The first-order valence-electron chi connectivity index (χ1n) is 8.13. The zero-order chi connectivity index (χ0) is 20.5. The number of nitrogens with zero attached hydrogens (tertiary/aromatic N) is 1. The second-order valence-corrected chi connectivity index (χ2v) is 6.59. The molecule has 1 aromatic heterocycles. The highest BCUT2D eigenvalue weighted by molar-refractivity contribution is 7.09. The first kappa shape index (κ1) is 21.4. The summed E-state index contributed by atoms with van der Waals surface area (Å²) in [6, 6.07) is 8.02. The number of rotatable bonds is 9. The van der Waals surface area contributed by atoms with Crippen molar-refractivity contribution in [1.29, 1.82) is 0 Å². The van der Waals surface area contributed by atoms with Gasteiger partial charge in [-0.05, 0) is 35.2 Å². The van der Waals surface area contributed by atoms with Crippen molar-refractivity contribution in [3.05, 3.63) is 52.2 Å². The number of amides is 1. The number of benzene rings is 1. The Labute approximate surface area is 164 Å². The minimum Gasteiger partial charge on any atom is -0.493 e. The number of methoxy groups -OCH3 is 1. The number of thiophene rings is 1. The minimum atomic E-state index is -2.97. The highest BCUT2D eigenvalue weighted by Gasteiger charge is 2.13. The topological polar surface area (TPSA) is 65.1 Å². The van der Waals surface area contributed by atoms with Gasteiger partial charge in [0.05, 0.1) is 13.7 Å². The number of ether oxygens (including phenoxy) is 3. The lowest BCUT2D eigenvalue weighted by Gasteiger charge is -2.15. The Morgan fingerprint density at radius 3 is 2.68 bits per heavy atom. The van der Waals surface area contributed by atoms with E-state index in [1.54, 1.807) is 7.05 Å². The first-order chi connectivity index (χ1) is 13.4. The lowest BCUT2D eigenvalue weighted by molar-refractivity contribution is -0.147. The van der Waals surface area contributed by atoms with E-state index in [1.165, 1.54) is 47.6 Å². The molecule has 0 aliphatic carbocycles. The van der Waals surface area contributed by atoms with Crippen LogP contribution in [0, 0.1) is 0 Å². The summed E-state index contributed by atoms with van der Waals surface area (Å²) in [5.41, 5.74) is 0.511. The SMILES string of the molecule is COc1cc(/C=C/C(=O)OCC(=O)N(C)Cc2cccs2)ccc1OC(F)F. The van der Waals surface area contributed by atoms with Crippen LogP contribution in [0.4, 0.5) is 8.78 Å². The summed E-state index contributed by atoms with van der Waals surface area (Å²) in [4.78, 5) is 26.3. The average molecular weight is 411 g/mol. The number of esters is 1. The maximum absolute atomic E-state index is 12.3. The van der Waals surface area contributed by atoms with Crippen LogP contribution < -0.4 is 9.47 Å². The molecule has 1 aromatic carbocycles. The molecule has 0 unspecified atom stereocenters. The summed E-state index contributed by atoms with van der Waals surface area (Å²) in [6.07, 6.45) is 2.55. The fourth-order valence-corrected chi connectivity index (χ4v) is 2.92. The van der Waals surface area contributed by atoms with E-state index in [4.69, 9.17) is 9.47 Å². The van der Waals surface area contributed by atoms with E-state index in [0.717, 1.165) is 11.0 Å². The average Bonchev–Trinajstić information content (AvgIpc) is 3.17. The number of likely N-dealkylation sites (N-methyl/N-ethyl adjacent to an activating group) is 1.